The van der Waals surface area contributed by atoms with E-state index in [9.17, 15) is 19.5 Å². The van der Waals surface area contributed by atoms with Gasteiger partial charge >= 0.3 is 5.97 Å². The van der Waals surface area contributed by atoms with Gasteiger partial charge in [-0.15, -0.1) is 0 Å². The number of amides is 2. The van der Waals surface area contributed by atoms with Crippen LogP contribution in [-0.4, -0.2) is 58.6 Å². The summed E-state index contributed by atoms with van der Waals surface area (Å²) < 4.78 is 19.1. The van der Waals surface area contributed by atoms with Crippen LogP contribution in [0.4, 0.5) is 11.4 Å². The topological polar surface area (TPSA) is 152 Å². The zero-order valence-electron chi connectivity index (χ0n) is 34.0. The molecule has 0 radical (unpaired) electrons. The average Bonchev–Trinajstić information content (AvgIpc) is 3.68. The van der Waals surface area contributed by atoms with Crippen LogP contribution in [0.5, 0.6) is 0 Å². The van der Waals surface area contributed by atoms with Crippen molar-refractivity contribution in [3.05, 3.63) is 119 Å². The molecule has 0 aromatic heterocycles. The van der Waals surface area contributed by atoms with Crippen molar-refractivity contribution in [3.63, 3.8) is 0 Å². The number of ether oxygens (including phenoxy) is 3. The third-order valence-corrected chi connectivity index (χ3v) is 10.5. The van der Waals surface area contributed by atoms with Crippen molar-refractivity contribution in [2.75, 3.05) is 24.1 Å². The number of nitrogens with two attached hydrogens (primary N) is 1. The summed E-state index contributed by atoms with van der Waals surface area (Å²) in [6, 6.07) is 31.0. The molecule has 0 bridgehead atoms. The monoisotopic (exact) mass is 790 g/mol. The van der Waals surface area contributed by atoms with Gasteiger partial charge in [0.15, 0.2) is 6.29 Å². The van der Waals surface area contributed by atoms with Crippen LogP contribution in [0.15, 0.2) is 97.1 Å². The number of hydrogen-bond donors (Lipinski definition) is 4. The maximum absolute atomic E-state index is 13.2. The van der Waals surface area contributed by atoms with Gasteiger partial charge < -0.3 is 35.7 Å². The Balaban J connectivity index is 1.06. The van der Waals surface area contributed by atoms with Crippen LogP contribution in [0, 0.1) is 0 Å². The number of aliphatic hydroxyl groups excluding tert-OH is 1. The van der Waals surface area contributed by atoms with Gasteiger partial charge in [-0.05, 0) is 105 Å². The van der Waals surface area contributed by atoms with E-state index in [0.717, 1.165) is 59.2 Å². The van der Waals surface area contributed by atoms with Crippen molar-refractivity contribution < 1.29 is 33.7 Å². The van der Waals surface area contributed by atoms with Crippen molar-refractivity contribution >= 4 is 29.2 Å². The first kappa shape index (κ1) is 42.5. The number of aliphatic hydroxyl groups is 1. The van der Waals surface area contributed by atoms with Gasteiger partial charge in [-0.3, -0.25) is 19.3 Å². The molecular weight excluding hydrogens is 733 g/mol. The fourth-order valence-electron chi connectivity index (χ4n) is 7.56. The van der Waals surface area contributed by atoms with Crippen LogP contribution in [0.3, 0.4) is 0 Å². The van der Waals surface area contributed by atoms with Crippen LogP contribution in [0.2, 0.25) is 0 Å². The molecule has 6 rings (SSSR count). The standard InChI is InChI=1S/C47H58N4O7/c1-47(2,3)58-45(55)41-18-11-25-51(41)30-38-28-42(34-23-21-32(31-52)22-24-34)57-46(56-38)37-15-10-14-36(27-37)35-13-9-12-33(26-35)29-49-43(53)19-5-4-6-20-44(54)50-40-17-8-7-16-39(40)48/h7-10,12-17,21-24,26-27,38,41-42,46,52H,4-6,11,18-20,25,28-31,48H2,1-3H3,(H,49,53)(H,50,54)/t38-,41+,42+,46+/m1/s1. The van der Waals surface area contributed by atoms with Gasteiger partial charge in [-0.1, -0.05) is 79.2 Å². The minimum atomic E-state index is -0.650. The molecule has 2 fully saturated rings. The predicted octanol–water partition coefficient (Wildman–Crippen LogP) is 7.99. The average molecular weight is 791 g/mol. The smallest absolute Gasteiger partial charge is 0.323 e. The van der Waals surface area contributed by atoms with Gasteiger partial charge in [0.05, 0.1) is 30.2 Å². The Hall–Kier alpha value is -5.07. The van der Waals surface area contributed by atoms with E-state index in [1.807, 2.05) is 87.5 Å². The van der Waals surface area contributed by atoms with Crippen LogP contribution < -0.4 is 16.4 Å². The third-order valence-electron chi connectivity index (χ3n) is 10.5. The summed E-state index contributed by atoms with van der Waals surface area (Å²) in [5.41, 5.74) is 12.2. The van der Waals surface area contributed by atoms with Gasteiger partial charge in [0.1, 0.15) is 11.6 Å². The van der Waals surface area contributed by atoms with Gasteiger partial charge in [-0.25, -0.2) is 0 Å². The zero-order chi connectivity index (χ0) is 41.1. The molecule has 2 saturated heterocycles. The minimum Gasteiger partial charge on any atom is -0.459 e. The number of carbonyl (C=O) groups is 3. The maximum Gasteiger partial charge on any atom is 0.323 e. The summed E-state index contributed by atoms with van der Waals surface area (Å²) in [7, 11) is 0. The Morgan fingerprint density at radius 2 is 1.55 bits per heavy atom. The van der Waals surface area contributed by atoms with Crippen LogP contribution in [-0.2, 0) is 41.7 Å². The number of nitrogens with one attached hydrogen (secondary N) is 2. The Bertz CT molecular complexity index is 2000. The summed E-state index contributed by atoms with van der Waals surface area (Å²) in [6.45, 7) is 7.43. The Labute approximate surface area is 342 Å². The van der Waals surface area contributed by atoms with E-state index in [0.29, 0.717) is 56.6 Å². The van der Waals surface area contributed by atoms with Crippen LogP contribution in [0.1, 0.15) is 107 Å². The Kier molecular flexibility index (Phi) is 14.7. The number of para-hydroxylation sites is 2. The lowest BCUT2D eigenvalue weighted by Crippen LogP contribution is -2.45. The molecule has 5 N–H and O–H groups in total. The number of carbonyl (C=O) groups excluding carboxylic acids is 3. The molecule has 11 heteroatoms. The number of benzene rings is 4. The molecule has 4 atom stereocenters. The van der Waals surface area contributed by atoms with Gasteiger partial charge in [0, 0.05) is 37.9 Å². The van der Waals surface area contributed by atoms with E-state index < -0.39 is 11.9 Å². The number of anilines is 2. The Morgan fingerprint density at radius 1 is 0.828 bits per heavy atom. The summed E-state index contributed by atoms with van der Waals surface area (Å²) in [5.74, 6) is -0.303. The second-order valence-electron chi connectivity index (χ2n) is 16.3. The molecule has 0 unspecified atom stereocenters. The molecular formula is C47H58N4O7. The predicted molar refractivity (Wildman–Crippen MR) is 225 cm³/mol. The largest absolute Gasteiger partial charge is 0.459 e. The molecule has 4 aromatic carbocycles. The van der Waals surface area contributed by atoms with Crippen molar-refractivity contribution in [2.45, 2.75) is 115 Å². The molecule has 0 saturated carbocycles. The van der Waals surface area contributed by atoms with Crippen molar-refractivity contribution in [3.8, 4) is 11.1 Å². The van der Waals surface area contributed by atoms with Gasteiger partial charge in [0.2, 0.25) is 11.8 Å². The molecule has 4 aromatic rings. The van der Waals surface area contributed by atoms with Gasteiger partial charge in [-0.2, -0.15) is 0 Å². The molecule has 11 nitrogen and oxygen atoms in total. The van der Waals surface area contributed by atoms with E-state index >= 15 is 0 Å². The maximum atomic E-state index is 13.2. The number of hydrogen-bond acceptors (Lipinski definition) is 9. The highest BCUT2D eigenvalue weighted by atomic mass is 16.7. The van der Waals surface area contributed by atoms with Crippen LogP contribution in [0.25, 0.3) is 11.1 Å². The fourth-order valence-corrected chi connectivity index (χ4v) is 7.56. The van der Waals surface area contributed by atoms with Crippen molar-refractivity contribution in [2.24, 2.45) is 0 Å². The Morgan fingerprint density at radius 3 is 2.29 bits per heavy atom. The number of esters is 1. The number of rotatable bonds is 16. The second kappa shape index (κ2) is 20.1. The van der Waals surface area contributed by atoms with Gasteiger partial charge in [0.25, 0.3) is 0 Å². The van der Waals surface area contributed by atoms with Crippen LogP contribution >= 0.6 is 0 Å². The highest BCUT2D eigenvalue weighted by molar-refractivity contribution is 5.93. The first-order chi connectivity index (χ1) is 27.9. The number of nitrogens with zero attached hydrogens (tertiary/aromatic N) is 1. The molecule has 2 amide bonds. The molecule has 2 heterocycles. The highest BCUT2D eigenvalue weighted by Gasteiger charge is 2.39. The number of unbranched alkanes of at least 4 members (excludes halogenated alkanes) is 2. The fraction of sp³-hybridized carbons (Fsp3) is 0.426. The quantitative estimate of drug-likeness (QED) is 0.0503. The lowest BCUT2D eigenvalue weighted by Gasteiger charge is -2.38. The summed E-state index contributed by atoms with van der Waals surface area (Å²) in [5, 5.41) is 15.5. The first-order valence-corrected chi connectivity index (χ1v) is 20.5. The highest BCUT2D eigenvalue weighted by Crippen LogP contribution is 2.40. The lowest BCUT2D eigenvalue weighted by molar-refractivity contribution is -0.253. The molecule has 58 heavy (non-hydrogen) atoms. The van der Waals surface area contributed by atoms with E-state index in [1.165, 1.54) is 0 Å². The lowest BCUT2D eigenvalue weighted by atomic mass is 9.98. The number of nitrogen functional groups attached to an aromatic ring is 1. The van der Waals surface area contributed by atoms with E-state index in [2.05, 4.69) is 33.7 Å². The zero-order valence-corrected chi connectivity index (χ0v) is 34.0. The minimum absolute atomic E-state index is 0.0260. The SMILES string of the molecule is CC(C)(C)OC(=O)[C@@H]1CCCN1C[C@H]1C[C@@H](c2ccc(CO)cc2)O[C@@H](c2cccc(-c3cccc(CNC(=O)CCCCCC(=O)Nc4ccccc4N)c3)c2)O1. The summed E-state index contributed by atoms with van der Waals surface area (Å²) in [6.07, 6.45) is 4.10. The molecule has 0 aliphatic carbocycles. The van der Waals surface area contributed by atoms with Crippen molar-refractivity contribution in [1.29, 1.82) is 0 Å². The first-order valence-electron chi connectivity index (χ1n) is 20.5. The normalized spacial score (nSPS) is 19.7. The van der Waals surface area contributed by atoms with E-state index in [1.54, 1.807) is 12.1 Å². The molecule has 308 valence electrons. The summed E-state index contributed by atoms with van der Waals surface area (Å²) >= 11 is 0. The third kappa shape index (κ3) is 12.2. The van der Waals surface area contributed by atoms with E-state index in [4.69, 9.17) is 19.9 Å². The molecule has 2 aliphatic rings. The summed E-state index contributed by atoms with van der Waals surface area (Å²) in [4.78, 5) is 40.3. The second-order valence-corrected chi connectivity index (χ2v) is 16.3. The molecule has 0 spiro atoms. The number of likely N-dealkylation sites (tertiary alicyclic amines) is 1. The van der Waals surface area contributed by atoms with Crippen molar-refractivity contribution in [1.82, 2.24) is 10.2 Å². The van der Waals surface area contributed by atoms with E-state index in [-0.39, 0.29) is 42.6 Å². The molecule has 2 aliphatic heterocycles.